The van der Waals surface area contributed by atoms with Crippen molar-refractivity contribution in [2.24, 2.45) is 5.73 Å². The number of benzene rings is 2. The van der Waals surface area contributed by atoms with Gasteiger partial charge in [-0.1, -0.05) is 0 Å². The molecule has 5 rings (SSSR count). The van der Waals surface area contributed by atoms with E-state index in [1.807, 2.05) is 0 Å². The van der Waals surface area contributed by atoms with Crippen LogP contribution in [-0.2, 0) is 15.8 Å². The van der Waals surface area contributed by atoms with E-state index >= 15 is 0 Å². The minimum absolute atomic E-state index is 0.0245. The highest BCUT2D eigenvalue weighted by Crippen LogP contribution is 2.47. The molecule has 0 unspecified atom stereocenters. The van der Waals surface area contributed by atoms with Crippen LogP contribution in [0.4, 0.5) is 17.6 Å². The van der Waals surface area contributed by atoms with Gasteiger partial charge in [0.2, 0.25) is 11.5 Å². The molecule has 0 bridgehead atoms. The maximum atomic E-state index is 14.7. The Morgan fingerprint density at radius 2 is 1.88 bits per heavy atom. The van der Waals surface area contributed by atoms with Crippen LogP contribution in [0.2, 0.25) is 0 Å². The Hall–Kier alpha value is -4.65. The molecule has 0 spiro atoms. The number of methoxy groups -OCH3 is 1. The molecule has 0 saturated carbocycles. The summed E-state index contributed by atoms with van der Waals surface area (Å²) in [6, 6.07) is 10.5. The first kappa shape index (κ1) is 28.9. The van der Waals surface area contributed by atoms with Crippen molar-refractivity contribution in [3.05, 3.63) is 76.9 Å². The number of amides is 2. The van der Waals surface area contributed by atoms with Crippen molar-refractivity contribution in [1.29, 1.82) is 0 Å². The van der Waals surface area contributed by atoms with E-state index in [1.54, 1.807) is 25.1 Å². The normalized spacial score (nSPS) is 17.8. The molecule has 2 atom stereocenters. The summed E-state index contributed by atoms with van der Waals surface area (Å²) in [7, 11) is 1.43. The van der Waals surface area contributed by atoms with Crippen molar-refractivity contribution in [2.45, 2.75) is 31.0 Å². The number of hydrogen-bond acceptors (Lipinski definition) is 6. The van der Waals surface area contributed by atoms with Crippen LogP contribution in [0.25, 0.3) is 22.2 Å². The smallest absolute Gasteiger partial charge is 0.424 e. The average Bonchev–Trinajstić information content (AvgIpc) is 3.47. The van der Waals surface area contributed by atoms with Gasteiger partial charge in [-0.05, 0) is 62.4 Å². The lowest BCUT2D eigenvalue weighted by molar-refractivity contribution is -0.265. The second-order valence-corrected chi connectivity index (χ2v) is 10.3. The van der Waals surface area contributed by atoms with E-state index in [4.69, 9.17) is 15.2 Å². The van der Waals surface area contributed by atoms with E-state index < -0.39 is 47.1 Å². The number of pyridine rings is 1. The Morgan fingerprint density at radius 1 is 1.19 bits per heavy atom. The number of aromatic amines is 1. The summed E-state index contributed by atoms with van der Waals surface area (Å²) in [5.41, 5.74) is 0.375. The number of carbonyl (C=O) groups excluding carboxylic acids is 2. The highest BCUT2D eigenvalue weighted by molar-refractivity contribution is 6.08. The molecule has 13 heteroatoms. The molecular formula is C29H26F4N4O5. The monoisotopic (exact) mass is 586 g/mol. The molecule has 5 N–H and O–H groups in total. The number of alkyl halides is 3. The van der Waals surface area contributed by atoms with Crippen molar-refractivity contribution < 1.29 is 41.7 Å². The Balaban J connectivity index is 1.61. The maximum Gasteiger partial charge on any atom is 0.424 e. The predicted molar refractivity (Wildman–Crippen MR) is 144 cm³/mol. The lowest BCUT2D eigenvalue weighted by Crippen LogP contribution is -2.52. The molecule has 0 aliphatic carbocycles. The number of ether oxygens (including phenoxy) is 2. The third-order valence-electron chi connectivity index (χ3n) is 7.55. The van der Waals surface area contributed by atoms with Crippen molar-refractivity contribution in [1.82, 2.24) is 15.3 Å². The SMILES string of the molecule is COc1ccc2[nH]c(C)c(C(=O)NC[C@](O)(c3cc4c(c(-c5ccc(F)cc5)n3)OC[C@]4(C)C(N)=O)C(F)(F)F)c2c1. The zero-order valence-electron chi connectivity index (χ0n) is 22.6. The first-order valence-corrected chi connectivity index (χ1v) is 12.7. The van der Waals surface area contributed by atoms with Gasteiger partial charge in [0, 0.05) is 27.7 Å². The van der Waals surface area contributed by atoms with Gasteiger partial charge in [0.25, 0.3) is 5.91 Å². The minimum Gasteiger partial charge on any atom is -0.497 e. The van der Waals surface area contributed by atoms with Crippen molar-refractivity contribution in [2.75, 3.05) is 20.3 Å². The van der Waals surface area contributed by atoms with Gasteiger partial charge in [-0.25, -0.2) is 9.37 Å². The molecule has 0 fully saturated rings. The molecule has 2 aromatic carbocycles. The second kappa shape index (κ2) is 10.0. The van der Waals surface area contributed by atoms with Crippen molar-refractivity contribution in [3.63, 3.8) is 0 Å². The second-order valence-electron chi connectivity index (χ2n) is 10.3. The van der Waals surface area contributed by atoms with Crippen LogP contribution >= 0.6 is 0 Å². The van der Waals surface area contributed by atoms with Crippen molar-refractivity contribution in [3.8, 4) is 22.8 Å². The zero-order chi connectivity index (χ0) is 30.6. The number of fused-ring (bicyclic) bond motifs is 2. The maximum absolute atomic E-state index is 14.7. The third kappa shape index (κ3) is 4.59. The molecule has 9 nitrogen and oxygen atoms in total. The topological polar surface area (TPSA) is 140 Å². The van der Waals surface area contributed by atoms with Crippen LogP contribution in [0.1, 0.15) is 34.2 Å². The quantitative estimate of drug-likeness (QED) is 0.242. The number of primary amides is 1. The molecule has 4 aromatic rings. The highest BCUT2D eigenvalue weighted by atomic mass is 19.4. The Kier molecular flexibility index (Phi) is 6.88. The fourth-order valence-electron chi connectivity index (χ4n) is 4.96. The summed E-state index contributed by atoms with van der Waals surface area (Å²) in [6.07, 6.45) is -5.34. The molecule has 0 saturated heterocycles. The van der Waals surface area contributed by atoms with Gasteiger partial charge in [-0.15, -0.1) is 0 Å². The molecular weight excluding hydrogens is 560 g/mol. The number of hydrogen-bond donors (Lipinski definition) is 4. The Bertz CT molecular complexity index is 1720. The average molecular weight is 587 g/mol. The van der Waals surface area contributed by atoms with E-state index in [0.29, 0.717) is 22.3 Å². The number of halogens is 4. The fourth-order valence-corrected chi connectivity index (χ4v) is 4.96. The lowest BCUT2D eigenvalue weighted by Gasteiger charge is -2.31. The standard InChI is InChI=1S/C29H26F4N4O5/c1-14-22(18-10-17(41-3)8-9-20(18)36-14)25(38)35-12-28(40,29(31,32)33)21-11-19-24(42-13-27(19,2)26(34)39)23(37-21)15-4-6-16(30)7-5-15/h4-11,36,40H,12-13H2,1-3H3,(H2,34,39)(H,35,38)/t27-,28-/m0/s1. The molecule has 0 radical (unpaired) electrons. The summed E-state index contributed by atoms with van der Waals surface area (Å²) < 4.78 is 68.5. The van der Waals surface area contributed by atoms with Gasteiger partial charge < -0.3 is 30.6 Å². The van der Waals surface area contributed by atoms with Gasteiger partial charge in [0.15, 0.2) is 0 Å². The summed E-state index contributed by atoms with van der Waals surface area (Å²) in [4.78, 5) is 32.7. The van der Waals surface area contributed by atoms with Crippen LogP contribution in [0.15, 0.2) is 48.5 Å². The number of aromatic nitrogens is 2. The van der Waals surface area contributed by atoms with E-state index in [0.717, 1.165) is 18.2 Å². The Labute approximate surface area is 236 Å². The predicted octanol–water partition coefficient (Wildman–Crippen LogP) is 4.00. The third-order valence-corrected chi connectivity index (χ3v) is 7.55. The van der Waals surface area contributed by atoms with Gasteiger partial charge in [-0.3, -0.25) is 9.59 Å². The van der Waals surface area contributed by atoms with Crippen LogP contribution in [0.3, 0.4) is 0 Å². The number of nitrogens with two attached hydrogens (primary N) is 1. The van der Waals surface area contributed by atoms with Crippen LogP contribution < -0.4 is 20.5 Å². The molecule has 3 heterocycles. The number of nitrogens with zero attached hydrogens (tertiary/aromatic N) is 1. The molecule has 2 aromatic heterocycles. The molecule has 42 heavy (non-hydrogen) atoms. The van der Waals surface area contributed by atoms with Gasteiger partial charge in [-0.2, -0.15) is 13.2 Å². The highest BCUT2D eigenvalue weighted by Gasteiger charge is 2.57. The molecule has 1 aliphatic rings. The largest absolute Gasteiger partial charge is 0.497 e. The van der Waals surface area contributed by atoms with E-state index in [9.17, 15) is 32.3 Å². The number of nitrogens with one attached hydrogen (secondary N) is 2. The number of aliphatic hydroxyl groups is 1. The van der Waals surface area contributed by atoms with Crippen LogP contribution in [-0.4, -0.2) is 53.3 Å². The van der Waals surface area contributed by atoms with Gasteiger partial charge in [0.05, 0.1) is 24.9 Å². The first-order chi connectivity index (χ1) is 19.7. The number of carbonyl (C=O) groups is 2. The minimum atomic E-state index is -5.34. The molecule has 220 valence electrons. The summed E-state index contributed by atoms with van der Waals surface area (Å²) in [6.45, 7) is 1.36. The molecule has 1 aliphatic heterocycles. The lowest BCUT2D eigenvalue weighted by atomic mass is 9.81. The Morgan fingerprint density at radius 3 is 2.50 bits per heavy atom. The number of H-pyrrole nitrogens is 1. The van der Waals surface area contributed by atoms with Crippen LogP contribution in [0.5, 0.6) is 11.5 Å². The first-order valence-electron chi connectivity index (χ1n) is 12.7. The van der Waals surface area contributed by atoms with E-state index in [-0.39, 0.29) is 34.7 Å². The number of aryl methyl sites for hydroxylation is 1. The van der Waals surface area contributed by atoms with Crippen LogP contribution in [0, 0.1) is 12.7 Å². The number of rotatable bonds is 7. The summed E-state index contributed by atoms with van der Waals surface area (Å²) in [5, 5.41) is 13.8. The van der Waals surface area contributed by atoms with Crippen molar-refractivity contribution >= 4 is 22.7 Å². The van der Waals surface area contributed by atoms with Gasteiger partial charge in [0.1, 0.15) is 35.0 Å². The van der Waals surface area contributed by atoms with E-state index in [1.165, 1.54) is 26.2 Å². The summed E-state index contributed by atoms with van der Waals surface area (Å²) in [5.74, 6) is -1.96. The van der Waals surface area contributed by atoms with Gasteiger partial charge >= 0.3 is 6.18 Å². The van der Waals surface area contributed by atoms with E-state index in [2.05, 4.69) is 15.3 Å². The zero-order valence-corrected chi connectivity index (χ0v) is 22.6. The summed E-state index contributed by atoms with van der Waals surface area (Å²) >= 11 is 0. The fraction of sp³-hybridized carbons (Fsp3) is 0.276. The molecule has 2 amide bonds.